The largest absolute Gasteiger partial charge is 0.323 e. The summed E-state index contributed by atoms with van der Waals surface area (Å²) >= 11 is 3.41. The van der Waals surface area contributed by atoms with Crippen LogP contribution >= 0.6 is 15.9 Å². The summed E-state index contributed by atoms with van der Waals surface area (Å²) < 4.78 is 1.06. The predicted molar refractivity (Wildman–Crippen MR) is 59.1 cm³/mol. The Bertz CT molecular complexity index is 335. The molecule has 0 saturated heterocycles. The Morgan fingerprint density at radius 2 is 2.31 bits per heavy atom. The lowest BCUT2D eigenvalue weighted by Crippen LogP contribution is -2.08. The van der Waals surface area contributed by atoms with Crippen molar-refractivity contribution in [3.05, 3.63) is 34.3 Å². The van der Waals surface area contributed by atoms with Crippen LogP contribution in [0.2, 0.25) is 0 Å². The van der Waals surface area contributed by atoms with E-state index in [4.69, 9.17) is 5.73 Å². The molecule has 0 aliphatic heterocycles. The van der Waals surface area contributed by atoms with Gasteiger partial charge in [-0.05, 0) is 24.6 Å². The second-order valence-electron chi connectivity index (χ2n) is 2.79. The molecule has 1 atom stereocenters. The highest BCUT2D eigenvalue weighted by Gasteiger charge is 2.03. The SMILES string of the molecule is CC#CCC(N)c1cccc(Br)c1. The quantitative estimate of drug-likeness (QED) is 0.787. The van der Waals surface area contributed by atoms with Crippen molar-refractivity contribution in [1.82, 2.24) is 0 Å². The van der Waals surface area contributed by atoms with Crippen LogP contribution in [0, 0.1) is 11.8 Å². The number of rotatable bonds is 2. The molecular formula is C11H12BrN. The smallest absolute Gasteiger partial charge is 0.0406 e. The van der Waals surface area contributed by atoms with Crippen molar-refractivity contribution in [3.8, 4) is 11.8 Å². The average molecular weight is 238 g/mol. The standard InChI is InChI=1S/C11H12BrN/c1-2-3-7-11(13)9-5-4-6-10(12)8-9/h4-6,8,11H,7,13H2,1H3. The number of hydrogen-bond acceptors (Lipinski definition) is 1. The number of nitrogens with two attached hydrogens (primary N) is 1. The molecule has 1 aromatic carbocycles. The average Bonchev–Trinajstić information content (AvgIpc) is 2.14. The summed E-state index contributed by atoms with van der Waals surface area (Å²) in [5, 5.41) is 0. The van der Waals surface area contributed by atoms with Crippen LogP contribution in [-0.2, 0) is 0 Å². The first-order chi connectivity index (χ1) is 6.24. The molecule has 68 valence electrons. The first-order valence-electron chi connectivity index (χ1n) is 4.14. The van der Waals surface area contributed by atoms with Gasteiger partial charge in [0, 0.05) is 16.9 Å². The van der Waals surface area contributed by atoms with Crippen LogP contribution in [-0.4, -0.2) is 0 Å². The number of halogens is 1. The third-order valence-corrected chi connectivity index (χ3v) is 2.27. The monoisotopic (exact) mass is 237 g/mol. The second kappa shape index (κ2) is 5.06. The molecule has 0 fully saturated rings. The highest BCUT2D eigenvalue weighted by Crippen LogP contribution is 2.18. The van der Waals surface area contributed by atoms with E-state index in [-0.39, 0.29) is 6.04 Å². The Morgan fingerprint density at radius 1 is 1.54 bits per heavy atom. The molecule has 1 unspecified atom stereocenters. The minimum absolute atomic E-state index is 0.0185. The zero-order chi connectivity index (χ0) is 9.68. The van der Waals surface area contributed by atoms with Crippen molar-refractivity contribution in [2.45, 2.75) is 19.4 Å². The first kappa shape index (κ1) is 10.3. The van der Waals surface area contributed by atoms with Crippen molar-refractivity contribution < 1.29 is 0 Å². The minimum atomic E-state index is 0.0185. The van der Waals surface area contributed by atoms with Gasteiger partial charge in [-0.25, -0.2) is 0 Å². The molecule has 1 nitrogen and oxygen atoms in total. The van der Waals surface area contributed by atoms with Gasteiger partial charge in [0.25, 0.3) is 0 Å². The maximum atomic E-state index is 5.93. The maximum absolute atomic E-state index is 5.93. The van der Waals surface area contributed by atoms with E-state index in [0.29, 0.717) is 6.42 Å². The molecule has 13 heavy (non-hydrogen) atoms. The summed E-state index contributed by atoms with van der Waals surface area (Å²) in [5.41, 5.74) is 7.05. The molecule has 0 spiro atoms. The Hall–Kier alpha value is -0.780. The molecule has 0 saturated carbocycles. The lowest BCUT2D eigenvalue weighted by atomic mass is 10.1. The number of benzene rings is 1. The van der Waals surface area contributed by atoms with Crippen LogP contribution in [0.15, 0.2) is 28.7 Å². The maximum Gasteiger partial charge on any atom is 0.0406 e. The van der Waals surface area contributed by atoms with Gasteiger partial charge in [0.2, 0.25) is 0 Å². The Morgan fingerprint density at radius 3 is 2.92 bits per heavy atom. The van der Waals surface area contributed by atoms with Crippen molar-refractivity contribution in [2.75, 3.05) is 0 Å². The van der Waals surface area contributed by atoms with E-state index < -0.39 is 0 Å². The normalized spacial score (nSPS) is 11.6. The lowest BCUT2D eigenvalue weighted by Gasteiger charge is -2.08. The molecule has 0 bridgehead atoms. The molecule has 1 aromatic rings. The summed E-state index contributed by atoms with van der Waals surface area (Å²) in [6.45, 7) is 1.83. The van der Waals surface area contributed by atoms with Crippen LogP contribution in [0.5, 0.6) is 0 Å². The molecule has 0 aromatic heterocycles. The van der Waals surface area contributed by atoms with E-state index in [1.54, 1.807) is 0 Å². The van der Waals surface area contributed by atoms with Crippen molar-refractivity contribution in [2.24, 2.45) is 5.73 Å². The molecule has 1 rings (SSSR count). The molecule has 0 aliphatic carbocycles. The third-order valence-electron chi connectivity index (χ3n) is 1.78. The van der Waals surface area contributed by atoms with Gasteiger partial charge in [-0.2, -0.15) is 0 Å². The molecule has 0 amide bonds. The first-order valence-corrected chi connectivity index (χ1v) is 4.94. The van der Waals surface area contributed by atoms with Crippen molar-refractivity contribution in [1.29, 1.82) is 0 Å². The summed E-state index contributed by atoms with van der Waals surface area (Å²) in [4.78, 5) is 0. The topological polar surface area (TPSA) is 26.0 Å². The minimum Gasteiger partial charge on any atom is -0.323 e. The molecule has 0 heterocycles. The van der Waals surface area contributed by atoms with Crippen LogP contribution < -0.4 is 5.73 Å². The van der Waals surface area contributed by atoms with Crippen LogP contribution in [0.4, 0.5) is 0 Å². The van der Waals surface area contributed by atoms with Crippen LogP contribution in [0.1, 0.15) is 24.9 Å². The Balaban J connectivity index is 2.74. The van der Waals surface area contributed by atoms with E-state index in [0.717, 1.165) is 10.0 Å². The molecule has 2 heteroatoms. The van der Waals surface area contributed by atoms with Gasteiger partial charge in [0.05, 0.1) is 0 Å². The third kappa shape index (κ3) is 3.22. The predicted octanol–water partition coefficient (Wildman–Crippen LogP) is 2.86. The zero-order valence-electron chi connectivity index (χ0n) is 7.55. The molecule has 0 radical (unpaired) electrons. The summed E-state index contributed by atoms with van der Waals surface area (Å²) in [6.07, 6.45) is 0.715. The fourth-order valence-corrected chi connectivity index (χ4v) is 1.48. The Labute approximate surface area is 87.5 Å². The van der Waals surface area contributed by atoms with Gasteiger partial charge in [-0.15, -0.1) is 11.8 Å². The Kier molecular flexibility index (Phi) is 4.01. The van der Waals surface area contributed by atoms with E-state index >= 15 is 0 Å². The molecular weight excluding hydrogens is 226 g/mol. The van der Waals surface area contributed by atoms with E-state index in [9.17, 15) is 0 Å². The van der Waals surface area contributed by atoms with Gasteiger partial charge < -0.3 is 5.73 Å². The van der Waals surface area contributed by atoms with Gasteiger partial charge in [0.15, 0.2) is 0 Å². The molecule has 0 aliphatic rings. The summed E-state index contributed by atoms with van der Waals surface area (Å²) in [6, 6.07) is 8.04. The van der Waals surface area contributed by atoms with Crippen molar-refractivity contribution >= 4 is 15.9 Å². The van der Waals surface area contributed by atoms with Gasteiger partial charge in [0.1, 0.15) is 0 Å². The van der Waals surface area contributed by atoms with E-state index in [1.165, 1.54) is 0 Å². The molecule has 2 N–H and O–H groups in total. The summed E-state index contributed by atoms with van der Waals surface area (Å²) in [7, 11) is 0. The van der Waals surface area contributed by atoms with Gasteiger partial charge in [-0.3, -0.25) is 0 Å². The fourth-order valence-electron chi connectivity index (χ4n) is 1.07. The van der Waals surface area contributed by atoms with Crippen LogP contribution in [0.25, 0.3) is 0 Å². The van der Waals surface area contributed by atoms with Gasteiger partial charge >= 0.3 is 0 Å². The highest BCUT2D eigenvalue weighted by atomic mass is 79.9. The second-order valence-corrected chi connectivity index (χ2v) is 3.71. The van der Waals surface area contributed by atoms with E-state index in [2.05, 4.69) is 27.8 Å². The lowest BCUT2D eigenvalue weighted by molar-refractivity contribution is 0.753. The van der Waals surface area contributed by atoms with Crippen LogP contribution in [0.3, 0.4) is 0 Å². The van der Waals surface area contributed by atoms with E-state index in [1.807, 2.05) is 31.2 Å². The highest BCUT2D eigenvalue weighted by molar-refractivity contribution is 9.10. The van der Waals surface area contributed by atoms with Gasteiger partial charge in [-0.1, -0.05) is 28.1 Å². The number of hydrogen-bond donors (Lipinski definition) is 1. The van der Waals surface area contributed by atoms with Crippen molar-refractivity contribution in [3.63, 3.8) is 0 Å². The fraction of sp³-hybridized carbons (Fsp3) is 0.273. The summed E-state index contributed by atoms with van der Waals surface area (Å²) in [5.74, 6) is 5.82. The zero-order valence-corrected chi connectivity index (χ0v) is 9.14.